The number of likely N-dealkylation sites (N-methyl/N-ethyl adjacent to an activating group) is 1. The number of hydrogen-bond acceptors (Lipinski definition) is 4. The number of nitrogens with zero attached hydrogens (tertiary/aromatic N) is 1. The van der Waals surface area contributed by atoms with E-state index in [1.807, 2.05) is 49.2 Å². The van der Waals surface area contributed by atoms with Crippen LogP contribution in [0.25, 0.3) is 0 Å². The quantitative estimate of drug-likeness (QED) is 0.612. The Morgan fingerprint density at radius 1 is 1.42 bits per heavy atom. The number of ketones is 1. The first kappa shape index (κ1) is 13.7. The molecule has 0 aromatic heterocycles. The zero-order valence-corrected chi connectivity index (χ0v) is 11.6. The number of ether oxygens (including phenoxy) is 1. The van der Waals surface area contributed by atoms with Crippen LogP contribution >= 0.6 is 0 Å². The molecule has 102 valence electrons. The summed E-state index contributed by atoms with van der Waals surface area (Å²) in [5.74, 6) is -1.19. The van der Waals surface area contributed by atoms with Gasteiger partial charge in [-0.05, 0) is 26.5 Å². The molecule has 0 amide bonds. The summed E-state index contributed by atoms with van der Waals surface area (Å²) >= 11 is 0. The van der Waals surface area contributed by atoms with Crippen molar-refractivity contribution in [3.05, 3.63) is 35.9 Å². The van der Waals surface area contributed by atoms with E-state index in [0.29, 0.717) is 13.2 Å². The molecule has 1 aliphatic rings. The van der Waals surface area contributed by atoms with Gasteiger partial charge < -0.3 is 4.74 Å². The van der Waals surface area contributed by atoms with Crippen molar-refractivity contribution in [1.29, 1.82) is 0 Å². The molecule has 1 aromatic carbocycles. The summed E-state index contributed by atoms with van der Waals surface area (Å²) in [6.07, 6.45) is 0. The number of benzene rings is 1. The van der Waals surface area contributed by atoms with Crippen molar-refractivity contribution >= 4 is 11.8 Å². The SMILES string of the molecule is CCOC(=O)C1CN(C)C(C)(c2ccccc2)C1=O. The van der Waals surface area contributed by atoms with E-state index in [2.05, 4.69) is 0 Å². The van der Waals surface area contributed by atoms with Gasteiger partial charge in [-0.1, -0.05) is 30.3 Å². The lowest BCUT2D eigenvalue weighted by molar-refractivity contribution is -0.150. The first-order valence-electron chi connectivity index (χ1n) is 6.49. The molecule has 1 aliphatic heterocycles. The first-order chi connectivity index (χ1) is 9.01. The summed E-state index contributed by atoms with van der Waals surface area (Å²) in [7, 11) is 1.87. The normalized spacial score (nSPS) is 27.5. The maximum Gasteiger partial charge on any atom is 0.317 e. The van der Waals surface area contributed by atoms with Gasteiger partial charge in [-0.15, -0.1) is 0 Å². The average Bonchev–Trinajstić information content (AvgIpc) is 2.65. The predicted octanol–water partition coefficient (Wildman–Crippen LogP) is 1.60. The topological polar surface area (TPSA) is 46.6 Å². The second-order valence-electron chi connectivity index (χ2n) is 4.99. The van der Waals surface area contributed by atoms with Gasteiger partial charge in [0.05, 0.1) is 6.61 Å². The lowest BCUT2D eigenvalue weighted by Gasteiger charge is -2.30. The summed E-state index contributed by atoms with van der Waals surface area (Å²) in [6, 6.07) is 9.55. The molecule has 1 saturated heterocycles. The highest BCUT2D eigenvalue weighted by Gasteiger charge is 2.52. The van der Waals surface area contributed by atoms with Crippen LogP contribution in [0.2, 0.25) is 0 Å². The number of carbonyl (C=O) groups is 2. The number of Topliss-reactive ketones (excluding diaryl/α,β-unsaturated/α-hetero) is 1. The lowest BCUT2D eigenvalue weighted by Crippen LogP contribution is -2.41. The van der Waals surface area contributed by atoms with E-state index in [0.717, 1.165) is 5.56 Å². The molecule has 1 fully saturated rings. The van der Waals surface area contributed by atoms with Crippen molar-refractivity contribution in [3.8, 4) is 0 Å². The summed E-state index contributed by atoms with van der Waals surface area (Å²) < 4.78 is 4.99. The molecule has 1 aromatic rings. The van der Waals surface area contributed by atoms with Crippen LogP contribution in [0.4, 0.5) is 0 Å². The predicted molar refractivity (Wildman–Crippen MR) is 71.6 cm³/mol. The highest BCUT2D eigenvalue weighted by molar-refractivity contribution is 6.06. The van der Waals surface area contributed by atoms with Crippen molar-refractivity contribution in [2.45, 2.75) is 19.4 Å². The Balaban J connectivity index is 2.33. The molecular weight excluding hydrogens is 242 g/mol. The molecule has 0 radical (unpaired) electrons. The molecule has 1 heterocycles. The van der Waals surface area contributed by atoms with E-state index in [9.17, 15) is 9.59 Å². The Kier molecular flexibility index (Phi) is 3.71. The van der Waals surface area contributed by atoms with E-state index >= 15 is 0 Å². The molecule has 2 unspecified atom stereocenters. The van der Waals surface area contributed by atoms with Crippen LogP contribution in [0.5, 0.6) is 0 Å². The third-order valence-electron chi connectivity index (χ3n) is 3.92. The van der Waals surface area contributed by atoms with E-state index in [-0.39, 0.29) is 5.78 Å². The van der Waals surface area contributed by atoms with Crippen LogP contribution in [0, 0.1) is 5.92 Å². The van der Waals surface area contributed by atoms with Crippen LogP contribution in [0.1, 0.15) is 19.4 Å². The van der Waals surface area contributed by atoms with Gasteiger partial charge in [-0.25, -0.2) is 0 Å². The maximum atomic E-state index is 12.6. The molecule has 2 rings (SSSR count). The van der Waals surface area contributed by atoms with Gasteiger partial charge in [0.15, 0.2) is 5.78 Å². The monoisotopic (exact) mass is 261 g/mol. The van der Waals surface area contributed by atoms with Crippen LogP contribution in [0.15, 0.2) is 30.3 Å². The number of rotatable bonds is 3. The van der Waals surface area contributed by atoms with E-state index in [1.54, 1.807) is 6.92 Å². The molecule has 0 N–H and O–H groups in total. The van der Waals surface area contributed by atoms with Gasteiger partial charge in [0.25, 0.3) is 0 Å². The smallest absolute Gasteiger partial charge is 0.317 e. The van der Waals surface area contributed by atoms with Crippen LogP contribution < -0.4 is 0 Å². The van der Waals surface area contributed by atoms with Gasteiger partial charge in [0.1, 0.15) is 11.5 Å². The fourth-order valence-corrected chi connectivity index (χ4v) is 2.62. The minimum Gasteiger partial charge on any atom is -0.465 e. The minimum atomic E-state index is -0.751. The molecular formula is C15H19NO3. The molecule has 2 atom stereocenters. The summed E-state index contributed by atoms with van der Waals surface area (Å²) in [6.45, 7) is 4.32. The number of carbonyl (C=O) groups excluding carboxylic acids is 2. The van der Waals surface area contributed by atoms with Crippen LogP contribution in [-0.4, -0.2) is 36.9 Å². The largest absolute Gasteiger partial charge is 0.465 e. The van der Waals surface area contributed by atoms with Crippen molar-refractivity contribution < 1.29 is 14.3 Å². The van der Waals surface area contributed by atoms with E-state index in [4.69, 9.17) is 4.74 Å². The standard InChI is InChI=1S/C15H19NO3/c1-4-19-14(18)12-10-16(3)15(2,13(12)17)11-8-6-5-7-9-11/h5-9,12H,4,10H2,1-3H3. The average molecular weight is 261 g/mol. The summed E-state index contributed by atoms with van der Waals surface area (Å²) in [4.78, 5) is 26.4. The lowest BCUT2D eigenvalue weighted by atomic mass is 9.85. The Bertz CT molecular complexity index is 485. The van der Waals surface area contributed by atoms with Gasteiger partial charge in [0.2, 0.25) is 0 Å². The van der Waals surface area contributed by atoms with Crippen molar-refractivity contribution in [2.75, 3.05) is 20.2 Å². The molecule has 0 saturated carbocycles. The fourth-order valence-electron chi connectivity index (χ4n) is 2.62. The molecule has 0 bridgehead atoms. The molecule has 4 nitrogen and oxygen atoms in total. The van der Waals surface area contributed by atoms with Gasteiger partial charge in [0, 0.05) is 6.54 Å². The second-order valence-corrected chi connectivity index (χ2v) is 4.99. The highest BCUT2D eigenvalue weighted by atomic mass is 16.5. The summed E-state index contributed by atoms with van der Waals surface area (Å²) in [5, 5.41) is 0. The third-order valence-corrected chi connectivity index (χ3v) is 3.92. The van der Waals surface area contributed by atoms with Gasteiger partial charge in [-0.2, -0.15) is 0 Å². The van der Waals surface area contributed by atoms with Crippen molar-refractivity contribution in [3.63, 3.8) is 0 Å². The van der Waals surface area contributed by atoms with Crippen molar-refractivity contribution in [1.82, 2.24) is 4.90 Å². The molecule has 19 heavy (non-hydrogen) atoms. The Morgan fingerprint density at radius 2 is 2.05 bits per heavy atom. The zero-order valence-electron chi connectivity index (χ0n) is 11.6. The number of hydrogen-bond donors (Lipinski definition) is 0. The van der Waals surface area contributed by atoms with Gasteiger partial charge >= 0.3 is 5.97 Å². The number of esters is 1. The second kappa shape index (κ2) is 5.13. The zero-order chi connectivity index (χ0) is 14.0. The van der Waals surface area contributed by atoms with Crippen LogP contribution in [0.3, 0.4) is 0 Å². The van der Waals surface area contributed by atoms with E-state index in [1.165, 1.54) is 0 Å². The Hall–Kier alpha value is -1.68. The highest BCUT2D eigenvalue weighted by Crippen LogP contribution is 2.37. The summed E-state index contributed by atoms with van der Waals surface area (Å²) in [5.41, 5.74) is 0.160. The number of likely N-dealkylation sites (tertiary alicyclic amines) is 1. The molecule has 0 spiro atoms. The Morgan fingerprint density at radius 3 is 2.63 bits per heavy atom. The first-order valence-corrected chi connectivity index (χ1v) is 6.49. The minimum absolute atomic E-state index is 0.0837. The van der Waals surface area contributed by atoms with E-state index < -0.39 is 17.4 Å². The fraction of sp³-hybridized carbons (Fsp3) is 0.467. The van der Waals surface area contributed by atoms with Gasteiger partial charge in [-0.3, -0.25) is 14.5 Å². The van der Waals surface area contributed by atoms with Crippen molar-refractivity contribution in [2.24, 2.45) is 5.92 Å². The molecule has 0 aliphatic carbocycles. The van der Waals surface area contributed by atoms with Crippen LogP contribution in [-0.2, 0) is 19.9 Å². The third kappa shape index (κ3) is 2.16. The molecule has 4 heteroatoms. The maximum absolute atomic E-state index is 12.6. The Labute approximate surface area is 113 Å².